The van der Waals surface area contributed by atoms with Gasteiger partial charge in [-0.05, 0) is 14.1 Å². The van der Waals surface area contributed by atoms with Crippen LogP contribution in [0.25, 0.3) is 0 Å². The molecule has 0 aliphatic carbocycles. The second-order valence-electron chi connectivity index (χ2n) is 5.66. The lowest BCUT2D eigenvalue weighted by atomic mass is 10.2. The molecule has 2 aromatic rings. The van der Waals surface area contributed by atoms with Gasteiger partial charge in [0, 0.05) is 31.3 Å². The van der Waals surface area contributed by atoms with E-state index in [1.54, 1.807) is 18.2 Å². The third kappa shape index (κ3) is 5.21. The van der Waals surface area contributed by atoms with Gasteiger partial charge < -0.3 is 25.0 Å². The molecule has 140 valence electrons. The number of methoxy groups -OCH3 is 2. The molecule has 0 bridgehead atoms. The number of aromatic nitrogens is 2. The van der Waals surface area contributed by atoms with Gasteiger partial charge in [-0.3, -0.25) is 4.79 Å². The minimum Gasteiger partial charge on any atom is -0.495 e. The molecule has 0 aliphatic heterocycles. The molecule has 1 amide bonds. The van der Waals surface area contributed by atoms with Crippen LogP contribution < -0.4 is 20.1 Å². The molecule has 0 spiro atoms. The Bertz CT molecular complexity index is 770. The molecule has 0 unspecified atom stereocenters. The monoisotopic (exact) mass is 379 g/mol. The van der Waals surface area contributed by atoms with Crippen LogP contribution in [0.5, 0.6) is 11.5 Å². The molecule has 0 radical (unpaired) electrons. The minimum absolute atomic E-state index is 0.265. The van der Waals surface area contributed by atoms with Crippen molar-refractivity contribution in [3.8, 4) is 11.5 Å². The van der Waals surface area contributed by atoms with Crippen molar-refractivity contribution in [2.45, 2.75) is 0 Å². The van der Waals surface area contributed by atoms with Crippen LogP contribution in [0.3, 0.4) is 0 Å². The number of nitrogens with zero attached hydrogens (tertiary/aromatic N) is 3. The van der Waals surface area contributed by atoms with E-state index in [9.17, 15) is 4.79 Å². The number of carbonyl (C=O) groups excluding carboxylic acids is 1. The summed E-state index contributed by atoms with van der Waals surface area (Å²) in [7, 11) is 6.94. The number of rotatable bonds is 8. The second kappa shape index (κ2) is 9.21. The number of carbonyl (C=O) groups is 1. The Balaban J connectivity index is 2.17. The van der Waals surface area contributed by atoms with E-state index in [2.05, 4.69) is 20.6 Å². The SMILES string of the molecule is COc1cc(Nc2cc(C(=O)NCCN(C)C)ncn2)c(OC)cc1Cl. The normalized spacial score (nSPS) is 10.5. The fourth-order valence-electron chi connectivity index (χ4n) is 2.13. The highest BCUT2D eigenvalue weighted by Gasteiger charge is 2.13. The van der Waals surface area contributed by atoms with E-state index in [1.807, 2.05) is 19.0 Å². The zero-order valence-corrected chi connectivity index (χ0v) is 15.9. The molecule has 1 heterocycles. The standard InChI is InChI=1S/C17H22ClN5O3/c1-23(2)6-5-19-17(24)13-9-16(21-10-20-13)22-12-8-14(25-3)11(18)7-15(12)26-4/h7-10H,5-6H2,1-4H3,(H,19,24)(H,20,21,22). The number of benzene rings is 1. The number of halogens is 1. The topological polar surface area (TPSA) is 88.6 Å². The lowest BCUT2D eigenvalue weighted by molar-refractivity contribution is 0.0946. The molecular weight excluding hydrogens is 358 g/mol. The van der Waals surface area contributed by atoms with Gasteiger partial charge in [-0.15, -0.1) is 0 Å². The first-order chi connectivity index (χ1) is 12.4. The van der Waals surface area contributed by atoms with E-state index in [0.29, 0.717) is 34.6 Å². The molecule has 0 atom stereocenters. The number of anilines is 2. The van der Waals surface area contributed by atoms with Crippen molar-refractivity contribution in [1.82, 2.24) is 20.2 Å². The van der Waals surface area contributed by atoms with Crippen molar-refractivity contribution < 1.29 is 14.3 Å². The van der Waals surface area contributed by atoms with E-state index in [1.165, 1.54) is 20.5 Å². The molecule has 0 fully saturated rings. The van der Waals surface area contributed by atoms with E-state index >= 15 is 0 Å². The Morgan fingerprint density at radius 3 is 2.54 bits per heavy atom. The lowest BCUT2D eigenvalue weighted by Crippen LogP contribution is -2.31. The third-order valence-corrected chi connectivity index (χ3v) is 3.78. The summed E-state index contributed by atoms with van der Waals surface area (Å²) in [4.78, 5) is 22.3. The summed E-state index contributed by atoms with van der Waals surface area (Å²) in [6, 6.07) is 4.89. The predicted octanol–water partition coefficient (Wildman–Crippen LogP) is 2.18. The average molecular weight is 380 g/mol. The van der Waals surface area contributed by atoms with E-state index in [0.717, 1.165) is 6.54 Å². The Kier molecular flexibility index (Phi) is 6.99. The van der Waals surface area contributed by atoms with Gasteiger partial charge in [-0.2, -0.15) is 0 Å². The van der Waals surface area contributed by atoms with Gasteiger partial charge in [-0.1, -0.05) is 11.6 Å². The van der Waals surface area contributed by atoms with E-state index < -0.39 is 0 Å². The van der Waals surface area contributed by atoms with Crippen LogP contribution in [0.2, 0.25) is 5.02 Å². The van der Waals surface area contributed by atoms with Gasteiger partial charge in [0.2, 0.25) is 0 Å². The number of hydrogen-bond donors (Lipinski definition) is 2. The van der Waals surface area contributed by atoms with Crippen molar-refractivity contribution in [1.29, 1.82) is 0 Å². The fraction of sp³-hybridized carbons (Fsp3) is 0.353. The van der Waals surface area contributed by atoms with Gasteiger partial charge in [0.1, 0.15) is 29.3 Å². The van der Waals surface area contributed by atoms with Crippen molar-refractivity contribution in [3.05, 3.63) is 35.2 Å². The van der Waals surface area contributed by atoms with Gasteiger partial charge in [0.25, 0.3) is 5.91 Å². The first-order valence-electron chi connectivity index (χ1n) is 7.88. The summed E-state index contributed by atoms with van der Waals surface area (Å²) in [5.41, 5.74) is 0.868. The molecule has 26 heavy (non-hydrogen) atoms. The summed E-state index contributed by atoms with van der Waals surface area (Å²) in [5.74, 6) is 1.19. The Labute approximate surface area is 157 Å². The van der Waals surface area contributed by atoms with E-state index in [4.69, 9.17) is 21.1 Å². The van der Waals surface area contributed by atoms with Gasteiger partial charge in [-0.25, -0.2) is 9.97 Å². The maximum atomic E-state index is 12.2. The highest BCUT2D eigenvalue weighted by atomic mass is 35.5. The molecule has 0 aliphatic rings. The van der Waals surface area contributed by atoms with Crippen LogP contribution in [0.15, 0.2) is 24.5 Å². The summed E-state index contributed by atoms with van der Waals surface area (Å²) in [5, 5.41) is 6.33. The summed E-state index contributed by atoms with van der Waals surface area (Å²) >= 11 is 6.11. The molecule has 0 saturated carbocycles. The third-order valence-electron chi connectivity index (χ3n) is 3.48. The number of likely N-dealkylation sites (N-methyl/N-ethyl adjacent to an activating group) is 1. The maximum Gasteiger partial charge on any atom is 0.270 e. The molecule has 2 N–H and O–H groups in total. The molecule has 1 aromatic heterocycles. The van der Waals surface area contributed by atoms with Crippen molar-refractivity contribution in [2.75, 3.05) is 46.7 Å². The van der Waals surface area contributed by atoms with Crippen LogP contribution >= 0.6 is 11.6 Å². The summed E-state index contributed by atoms with van der Waals surface area (Å²) in [6.45, 7) is 1.27. The molecule has 2 rings (SSSR count). The quantitative estimate of drug-likeness (QED) is 0.726. The predicted molar refractivity (Wildman–Crippen MR) is 101 cm³/mol. The summed E-state index contributed by atoms with van der Waals surface area (Å²) < 4.78 is 10.5. The summed E-state index contributed by atoms with van der Waals surface area (Å²) in [6.07, 6.45) is 1.32. The van der Waals surface area contributed by atoms with Gasteiger partial charge in [0.05, 0.1) is 24.9 Å². The van der Waals surface area contributed by atoms with Crippen molar-refractivity contribution in [3.63, 3.8) is 0 Å². The number of hydrogen-bond acceptors (Lipinski definition) is 7. The highest BCUT2D eigenvalue weighted by Crippen LogP contribution is 2.37. The largest absolute Gasteiger partial charge is 0.495 e. The lowest BCUT2D eigenvalue weighted by Gasteiger charge is -2.14. The van der Waals surface area contributed by atoms with Crippen LogP contribution in [-0.2, 0) is 0 Å². The molecular formula is C17H22ClN5O3. The molecule has 1 aromatic carbocycles. The average Bonchev–Trinajstić information content (AvgIpc) is 2.62. The Morgan fingerprint density at radius 2 is 1.88 bits per heavy atom. The molecule has 9 heteroatoms. The Morgan fingerprint density at radius 1 is 1.15 bits per heavy atom. The van der Waals surface area contributed by atoms with E-state index in [-0.39, 0.29) is 11.6 Å². The Hall–Kier alpha value is -2.58. The first-order valence-corrected chi connectivity index (χ1v) is 8.26. The first kappa shape index (κ1) is 19.7. The van der Waals surface area contributed by atoms with Gasteiger partial charge in [0.15, 0.2) is 0 Å². The van der Waals surface area contributed by atoms with Crippen molar-refractivity contribution in [2.24, 2.45) is 0 Å². The van der Waals surface area contributed by atoms with Crippen LogP contribution in [0.1, 0.15) is 10.5 Å². The molecule has 8 nitrogen and oxygen atoms in total. The number of ether oxygens (including phenoxy) is 2. The smallest absolute Gasteiger partial charge is 0.270 e. The van der Waals surface area contributed by atoms with Crippen LogP contribution in [-0.4, -0.2) is 62.2 Å². The van der Waals surface area contributed by atoms with Crippen LogP contribution in [0, 0.1) is 0 Å². The number of nitrogens with one attached hydrogen (secondary N) is 2. The molecule has 0 saturated heterocycles. The number of amides is 1. The zero-order valence-electron chi connectivity index (χ0n) is 15.2. The minimum atomic E-state index is -0.266. The van der Waals surface area contributed by atoms with Crippen molar-refractivity contribution >= 4 is 29.0 Å². The zero-order chi connectivity index (χ0) is 19.1. The van der Waals surface area contributed by atoms with Gasteiger partial charge >= 0.3 is 0 Å². The fourth-order valence-corrected chi connectivity index (χ4v) is 2.36. The highest BCUT2D eigenvalue weighted by molar-refractivity contribution is 6.32. The van der Waals surface area contributed by atoms with Crippen LogP contribution in [0.4, 0.5) is 11.5 Å². The maximum absolute atomic E-state index is 12.2. The second-order valence-corrected chi connectivity index (χ2v) is 6.07.